The van der Waals surface area contributed by atoms with Gasteiger partial charge in [0, 0.05) is 22.6 Å². The maximum atomic E-state index is 13.2. The Morgan fingerprint density at radius 2 is 0.949 bits per heavy atom. The van der Waals surface area contributed by atoms with Gasteiger partial charge in [0.05, 0.1) is 11.1 Å². The number of nitrogens with two attached hydrogens (primary N) is 1. The van der Waals surface area contributed by atoms with Crippen LogP contribution in [-0.2, 0) is 17.9 Å². The Morgan fingerprint density at radius 1 is 0.564 bits per heavy atom. The summed E-state index contributed by atoms with van der Waals surface area (Å²) in [6.07, 6.45) is -7.54. The van der Waals surface area contributed by atoms with Crippen LogP contribution in [0, 0.1) is 0 Å². The predicted molar refractivity (Wildman–Crippen MR) is 143 cm³/mol. The maximum Gasteiger partial charge on any atom is 0.416 e. The molecule has 0 bridgehead atoms. The van der Waals surface area contributed by atoms with Crippen LogP contribution in [0.4, 0.5) is 43.4 Å². The summed E-state index contributed by atoms with van der Waals surface area (Å²) in [5.41, 5.74) is 8.73. The summed E-state index contributed by atoms with van der Waals surface area (Å²) in [5, 5.41) is 0. The molecule has 0 atom stereocenters. The van der Waals surface area contributed by atoms with E-state index >= 15 is 0 Å². The van der Waals surface area contributed by atoms with Crippen molar-refractivity contribution in [3.8, 4) is 11.1 Å². The highest BCUT2D eigenvalue weighted by Gasteiger charge is 2.32. The van der Waals surface area contributed by atoms with Crippen molar-refractivity contribution in [1.29, 1.82) is 0 Å². The number of nitrogens with zero attached hydrogens (tertiary/aromatic N) is 1. The van der Waals surface area contributed by atoms with E-state index in [1.54, 1.807) is 17.0 Å². The van der Waals surface area contributed by atoms with Crippen LogP contribution < -0.4 is 10.6 Å². The first-order valence-electron chi connectivity index (χ1n) is 12.5. The molecule has 4 aromatic rings. The van der Waals surface area contributed by atoms with Crippen molar-refractivity contribution in [2.45, 2.75) is 44.6 Å². The van der Waals surface area contributed by atoms with Crippen LogP contribution >= 0.6 is 0 Å². The van der Waals surface area contributed by atoms with Crippen molar-refractivity contribution in [2.75, 3.05) is 4.90 Å². The summed E-state index contributed by atoms with van der Waals surface area (Å²) in [6, 6.07) is 24.2. The van der Waals surface area contributed by atoms with E-state index in [1.807, 2.05) is 50.2 Å². The van der Waals surface area contributed by atoms with Crippen LogP contribution in [0.5, 0.6) is 0 Å². The molecule has 0 saturated carbocycles. The molecule has 8 heteroatoms. The first-order chi connectivity index (χ1) is 18.4. The Balaban J connectivity index is 1.79. The van der Waals surface area contributed by atoms with Crippen molar-refractivity contribution in [2.24, 2.45) is 5.73 Å². The van der Waals surface area contributed by atoms with Crippen LogP contribution in [0.25, 0.3) is 11.1 Å². The third-order valence-electron chi connectivity index (χ3n) is 7.07. The van der Waals surface area contributed by atoms with E-state index < -0.39 is 29.0 Å². The Bertz CT molecular complexity index is 1330. The molecule has 0 amide bonds. The molecule has 0 fully saturated rings. The van der Waals surface area contributed by atoms with Gasteiger partial charge in [-0.05, 0) is 90.2 Å². The summed E-state index contributed by atoms with van der Waals surface area (Å²) >= 11 is 0. The number of rotatable bonds is 7. The Kier molecular flexibility index (Phi) is 7.80. The van der Waals surface area contributed by atoms with Gasteiger partial charge >= 0.3 is 12.4 Å². The second-order valence-electron chi connectivity index (χ2n) is 9.38. The molecule has 0 heterocycles. The van der Waals surface area contributed by atoms with Gasteiger partial charge in [-0.2, -0.15) is 26.3 Å². The lowest BCUT2D eigenvalue weighted by molar-refractivity contribution is -0.138. The quantitative estimate of drug-likeness (QED) is 0.236. The molecular formula is C31H28F6N2. The second-order valence-corrected chi connectivity index (χ2v) is 9.38. The summed E-state index contributed by atoms with van der Waals surface area (Å²) in [5.74, 6) is 0. The number of anilines is 3. The monoisotopic (exact) mass is 542 g/mol. The minimum absolute atomic E-state index is 0.369. The van der Waals surface area contributed by atoms with Gasteiger partial charge in [0.1, 0.15) is 0 Å². The number of halogens is 6. The molecule has 0 unspecified atom stereocenters. The molecule has 0 spiro atoms. The molecule has 0 radical (unpaired) electrons. The van der Waals surface area contributed by atoms with E-state index in [-0.39, 0.29) is 0 Å². The lowest BCUT2D eigenvalue weighted by Gasteiger charge is -2.30. The zero-order chi connectivity index (χ0) is 28.4. The van der Waals surface area contributed by atoms with Crippen LogP contribution in [-0.4, -0.2) is 0 Å². The summed E-state index contributed by atoms with van der Waals surface area (Å²) in [7, 11) is 0. The molecule has 2 nitrogen and oxygen atoms in total. The first-order valence-corrected chi connectivity index (χ1v) is 12.5. The molecule has 0 aliphatic rings. The van der Waals surface area contributed by atoms with Crippen molar-refractivity contribution < 1.29 is 26.3 Å². The van der Waals surface area contributed by atoms with E-state index in [4.69, 9.17) is 5.73 Å². The van der Waals surface area contributed by atoms with Crippen LogP contribution in [0.2, 0.25) is 0 Å². The van der Waals surface area contributed by atoms with Crippen molar-refractivity contribution >= 4 is 17.1 Å². The van der Waals surface area contributed by atoms with Gasteiger partial charge in [-0.3, -0.25) is 0 Å². The fraction of sp³-hybridized carbons (Fsp3) is 0.226. The van der Waals surface area contributed by atoms with Crippen molar-refractivity contribution in [3.63, 3.8) is 0 Å². The highest BCUT2D eigenvalue weighted by atomic mass is 19.4. The van der Waals surface area contributed by atoms with Gasteiger partial charge in [-0.15, -0.1) is 0 Å². The first kappa shape index (κ1) is 28.2. The van der Waals surface area contributed by atoms with E-state index in [2.05, 4.69) is 0 Å². The van der Waals surface area contributed by atoms with Crippen LogP contribution in [0.15, 0.2) is 97.1 Å². The SMILES string of the molecule is CCC(N)(CC)c1ccccc1-c1ccc(N(c2ccc(C(F)(F)F)cc2)c2ccc(C(F)(F)F)cc2)cc1. The fourth-order valence-electron chi connectivity index (χ4n) is 4.64. The molecule has 0 aromatic heterocycles. The number of hydrogen-bond acceptors (Lipinski definition) is 2. The standard InChI is InChI=1S/C31H28F6N2/c1-3-29(38,4-2)28-8-6-5-7-27(28)21-9-15-24(16-10-21)39(25-17-11-22(12-18-25)30(32,33)34)26-19-13-23(14-20-26)31(35,36)37/h5-20H,3-4,38H2,1-2H3. The van der Waals surface area contributed by atoms with Crippen LogP contribution in [0.1, 0.15) is 43.4 Å². The fourth-order valence-corrected chi connectivity index (χ4v) is 4.64. The summed E-state index contributed by atoms with van der Waals surface area (Å²) in [4.78, 5) is 1.61. The molecule has 2 N–H and O–H groups in total. The van der Waals surface area contributed by atoms with Gasteiger partial charge in [-0.25, -0.2) is 0 Å². The molecule has 0 aliphatic carbocycles. The van der Waals surface area contributed by atoms with Crippen LogP contribution in [0.3, 0.4) is 0 Å². The summed E-state index contributed by atoms with van der Waals surface area (Å²) < 4.78 is 79.0. The largest absolute Gasteiger partial charge is 0.416 e. The van der Waals surface area contributed by atoms with E-state index in [1.165, 1.54) is 24.3 Å². The van der Waals surface area contributed by atoms with Crippen molar-refractivity contribution in [3.05, 3.63) is 114 Å². The zero-order valence-corrected chi connectivity index (χ0v) is 21.4. The van der Waals surface area contributed by atoms with Gasteiger partial charge in [0.15, 0.2) is 0 Å². The molecular weight excluding hydrogens is 514 g/mol. The van der Waals surface area contributed by atoms with E-state index in [9.17, 15) is 26.3 Å². The Labute approximate surface area is 223 Å². The van der Waals surface area contributed by atoms with Gasteiger partial charge in [-0.1, -0.05) is 50.2 Å². The Hall–Kier alpha value is -3.78. The number of hydrogen-bond donors (Lipinski definition) is 1. The minimum atomic E-state index is -4.51. The topological polar surface area (TPSA) is 29.3 Å². The van der Waals surface area contributed by atoms with E-state index in [0.717, 1.165) is 53.8 Å². The molecule has 0 saturated heterocycles. The van der Waals surface area contributed by atoms with Crippen molar-refractivity contribution in [1.82, 2.24) is 0 Å². The molecule has 4 rings (SSSR count). The second kappa shape index (κ2) is 10.8. The van der Waals surface area contributed by atoms with E-state index in [0.29, 0.717) is 17.1 Å². The zero-order valence-electron chi connectivity index (χ0n) is 21.4. The number of alkyl halides is 6. The normalized spacial score (nSPS) is 12.4. The smallest absolute Gasteiger partial charge is 0.321 e. The average molecular weight is 543 g/mol. The lowest BCUT2D eigenvalue weighted by atomic mass is 9.81. The summed E-state index contributed by atoms with van der Waals surface area (Å²) in [6.45, 7) is 4.07. The average Bonchev–Trinajstić information content (AvgIpc) is 2.93. The lowest BCUT2D eigenvalue weighted by Crippen LogP contribution is -2.35. The molecule has 39 heavy (non-hydrogen) atoms. The Morgan fingerprint density at radius 3 is 1.33 bits per heavy atom. The molecule has 204 valence electrons. The molecule has 4 aromatic carbocycles. The highest BCUT2D eigenvalue weighted by Crippen LogP contribution is 2.40. The maximum absolute atomic E-state index is 13.2. The predicted octanol–water partition coefficient (Wildman–Crippen LogP) is 9.83. The minimum Gasteiger partial charge on any atom is -0.321 e. The van der Waals surface area contributed by atoms with Gasteiger partial charge in [0.25, 0.3) is 0 Å². The van der Waals surface area contributed by atoms with Gasteiger partial charge < -0.3 is 10.6 Å². The number of benzene rings is 4. The highest BCUT2D eigenvalue weighted by molar-refractivity contribution is 5.79. The third kappa shape index (κ3) is 5.96. The van der Waals surface area contributed by atoms with Gasteiger partial charge in [0.2, 0.25) is 0 Å². The molecule has 0 aliphatic heterocycles. The third-order valence-corrected chi connectivity index (χ3v) is 7.07.